The van der Waals surface area contributed by atoms with Crippen molar-refractivity contribution < 1.29 is 19.0 Å². The summed E-state index contributed by atoms with van der Waals surface area (Å²) < 4.78 is 18.5. The lowest BCUT2D eigenvalue weighted by molar-refractivity contribution is -0.139. The number of fused-ring (bicyclic) bond motifs is 2. The number of rotatable bonds is 4. The molecule has 3 heterocycles. The SMILES string of the molecule is CC(Oc1ccc2c(c1)OCO2)C(=O)N1Cc2ccccc2C(c2cnn(C)c2)C1. The Morgan fingerprint density at radius 3 is 2.87 bits per heavy atom. The number of nitrogens with zero attached hydrogens (tertiary/aromatic N) is 3. The third-order valence-electron chi connectivity index (χ3n) is 5.64. The molecule has 154 valence electrons. The average Bonchev–Trinajstić information content (AvgIpc) is 3.40. The van der Waals surface area contributed by atoms with Gasteiger partial charge in [0.05, 0.1) is 6.20 Å². The summed E-state index contributed by atoms with van der Waals surface area (Å²) in [5, 5.41) is 4.32. The molecule has 2 aliphatic rings. The van der Waals surface area contributed by atoms with Gasteiger partial charge in [0.15, 0.2) is 17.6 Å². The Hall–Kier alpha value is -3.48. The van der Waals surface area contributed by atoms with Crippen LogP contribution in [0.25, 0.3) is 0 Å². The minimum absolute atomic E-state index is 0.0453. The van der Waals surface area contributed by atoms with E-state index in [1.807, 2.05) is 36.5 Å². The van der Waals surface area contributed by atoms with Crippen LogP contribution in [0.2, 0.25) is 0 Å². The van der Waals surface area contributed by atoms with Gasteiger partial charge in [-0.1, -0.05) is 24.3 Å². The Morgan fingerprint density at radius 1 is 1.20 bits per heavy atom. The van der Waals surface area contributed by atoms with E-state index < -0.39 is 6.10 Å². The highest BCUT2D eigenvalue weighted by Crippen LogP contribution is 2.36. The second-order valence-corrected chi connectivity index (χ2v) is 7.69. The molecular formula is C23H23N3O4. The van der Waals surface area contributed by atoms with Crippen LogP contribution < -0.4 is 14.2 Å². The maximum Gasteiger partial charge on any atom is 0.263 e. The number of hydrogen-bond acceptors (Lipinski definition) is 5. The highest BCUT2D eigenvalue weighted by molar-refractivity contribution is 5.81. The number of carbonyl (C=O) groups is 1. The summed E-state index contributed by atoms with van der Waals surface area (Å²) in [5.74, 6) is 1.95. The minimum atomic E-state index is -0.620. The van der Waals surface area contributed by atoms with Crippen molar-refractivity contribution in [1.29, 1.82) is 0 Å². The highest BCUT2D eigenvalue weighted by Gasteiger charge is 2.32. The van der Waals surface area contributed by atoms with Crippen LogP contribution in [0.5, 0.6) is 17.2 Å². The number of amides is 1. The molecule has 5 rings (SSSR count). The number of aromatic nitrogens is 2. The van der Waals surface area contributed by atoms with Crippen LogP contribution in [0, 0.1) is 0 Å². The van der Waals surface area contributed by atoms with Crippen molar-refractivity contribution in [2.75, 3.05) is 13.3 Å². The van der Waals surface area contributed by atoms with Crippen LogP contribution in [0.1, 0.15) is 29.5 Å². The van der Waals surface area contributed by atoms with E-state index in [4.69, 9.17) is 14.2 Å². The molecule has 7 heteroatoms. The molecule has 30 heavy (non-hydrogen) atoms. The van der Waals surface area contributed by atoms with Crippen LogP contribution >= 0.6 is 0 Å². The summed E-state index contributed by atoms with van der Waals surface area (Å²) in [4.78, 5) is 15.1. The van der Waals surface area contributed by atoms with Gasteiger partial charge < -0.3 is 19.1 Å². The molecule has 0 spiro atoms. The molecule has 2 atom stereocenters. The van der Waals surface area contributed by atoms with Gasteiger partial charge in [-0.2, -0.15) is 5.10 Å². The minimum Gasteiger partial charge on any atom is -0.481 e. The monoisotopic (exact) mass is 405 g/mol. The van der Waals surface area contributed by atoms with Crippen molar-refractivity contribution in [1.82, 2.24) is 14.7 Å². The molecule has 0 fully saturated rings. The third-order valence-corrected chi connectivity index (χ3v) is 5.64. The smallest absolute Gasteiger partial charge is 0.263 e. The van der Waals surface area contributed by atoms with Gasteiger partial charge in [0.2, 0.25) is 6.79 Å². The molecule has 1 aromatic heterocycles. The van der Waals surface area contributed by atoms with Gasteiger partial charge in [0, 0.05) is 38.3 Å². The van der Waals surface area contributed by atoms with E-state index in [0.29, 0.717) is 30.3 Å². The van der Waals surface area contributed by atoms with E-state index >= 15 is 0 Å². The second kappa shape index (κ2) is 7.40. The summed E-state index contributed by atoms with van der Waals surface area (Å²) in [6.45, 7) is 3.15. The molecular weight excluding hydrogens is 382 g/mol. The lowest BCUT2D eigenvalue weighted by Gasteiger charge is -2.35. The van der Waals surface area contributed by atoms with Crippen molar-refractivity contribution in [3.05, 3.63) is 71.5 Å². The zero-order chi connectivity index (χ0) is 20.7. The Kier molecular flexibility index (Phi) is 4.58. The first-order chi connectivity index (χ1) is 14.6. The fraction of sp³-hybridized carbons (Fsp3) is 0.304. The summed E-state index contributed by atoms with van der Waals surface area (Å²) >= 11 is 0. The van der Waals surface area contributed by atoms with E-state index in [9.17, 15) is 4.79 Å². The van der Waals surface area contributed by atoms with Gasteiger partial charge in [-0.25, -0.2) is 0 Å². The predicted molar refractivity (Wildman–Crippen MR) is 110 cm³/mol. The second-order valence-electron chi connectivity index (χ2n) is 7.69. The molecule has 0 bridgehead atoms. The van der Waals surface area contributed by atoms with Crippen LogP contribution in [0.3, 0.4) is 0 Å². The fourth-order valence-electron chi connectivity index (χ4n) is 4.14. The van der Waals surface area contributed by atoms with Crippen molar-refractivity contribution in [2.24, 2.45) is 7.05 Å². The molecule has 7 nitrogen and oxygen atoms in total. The van der Waals surface area contributed by atoms with Gasteiger partial charge in [0.1, 0.15) is 5.75 Å². The Morgan fingerprint density at radius 2 is 2.03 bits per heavy atom. The molecule has 0 radical (unpaired) electrons. The first-order valence-electron chi connectivity index (χ1n) is 10.00. The number of benzene rings is 2. The molecule has 0 saturated carbocycles. The number of ether oxygens (including phenoxy) is 3. The molecule has 0 saturated heterocycles. The van der Waals surface area contributed by atoms with Gasteiger partial charge in [-0.3, -0.25) is 9.48 Å². The Bertz CT molecular complexity index is 1090. The lowest BCUT2D eigenvalue weighted by Crippen LogP contribution is -2.44. The molecule has 3 aromatic rings. The van der Waals surface area contributed by atoms with Crippen molar-refractivity contribution in [3.63, 3.8) is 0 Å². The predicted octanol–water partition coefficient (Wildman–Crippen LogP) is 3.09. The summed E-state index contributed by atoms with van der Waals surface area (Å²) in [6, 6.07) is 13.6. The first-order valence-corrected chi connectivity index (χ1v) is 10.00. The van der Waals surface area contributed by atoms with Crippen LogP contribution in [0.4, 0.5) is 0 Å². The number of carbonyl (C=O) groups excluding carboxylic acids is 1. The van der Waals surface area contributed by atoms with E-state index in [1.165, 1.54) is 5.56 Å². The van der Waals surface area contributed by atoms with Crippen LogP contribution in [0.15, 0.2) is 54.9 Å². The maximum absolute atomic E-state index is 13.3. The molecule has 0 aliphatic carbocycles. The van der Waals surface area contributed by atoms with Gasteiger partial charge in [0.25, 0.3) is 5.91 Å². The third kappa shape index (κ3) is 3.36. The van der Waals surface area contributed by atoms with E-state index in [0.717, 1.165) is 11.1 Å². The fourth-order valence-corrected chi connectivity index (χ4v) is 4.14. The topological polar surface area (TPSA) is 65.8 Å². The molecule has 2 aromatic carbocycles. The van der Waals surface area contributed by atoms with Crippen molar-refractivity contribution >= 4 is 5.91 Å². The normalized spacial score (nSPS) is 18.1. The van der Waals surface area contributed by atoms with Crippen molar-refractivity contribution in [3.8, 4) is 17.2 Å². The van der Waals surface area contributed by atoms with Crippen LogP contribution in [-0.2, 0) is 18.4 Å². The Balaban J connectivity index is 1.36. The first kappa shape index (κ1) is 18.5. The number of aryl methyl sites for hydroxylation is 1. The van der Waals surface area contributed by atoms with Gasteiger partial charge >= 0.3 is 0 Å². The largest absolute Gasteiger partial charge is 0.481 e. The van der Waals surface area contributed by atoms with Crippen LogP contribution in [-0.4, -0.2) is 40.0 Å². The van der Waals surface area contributed by atoms with E-state index in [2.05, 4.69) is 17.2 Å². The molecule has 1 amide bonds. The van der Waals surface area contributed by atoms with Gasteiger partial charge in [-0.05, 0) is 35.7 Å². The quantitative estimate of drug-likeness (QED) is 0.667. The van der Waals surface area contributed by atoms with E-state index in [-0.39, 0.29) is 18.6 Å². The van der Waals surface area contributed by atoms with E-state index in [1.54, 1.807) is 29.8 Å². The standard InChI is InChI=1S/C23H23N3O4/c1-15(30-18-7-8-21-22(9-18)29-14-28-21)23(27)26-12-16-5-3-4-6-19(16)20(13-26)17-10-24-25(2)11-17/h3-11,15,20H,12-14H2,1-2H3. The lowest BCUT2D eigenvalue weighted by atomic mass is 9.86. The highest BCUT2D eigenvalue weighted by atomic mass is 16.7. The zero-order valence-corrected chi connectivity index (χ0v) is 16.9. The Labute approximate surface area is 174 Å². The molecule has 0 N–H and O–H groups in total. The zero-order valence-electron chi connectivity index (χ0n) is 16.9. The summed E-state index contributed by atoms with van der Waals surface area (Å²) in [5.41, 5.74) is 3.51. The summed E-state index contributed by atoms with van der Waals surface area (Å²) in [6.07, 6.45) is 3.27. The average molecular weight is 405 g/mol. The maximum atomic E-state index is 13.3. The van der Waals surface area contributed by atoms with Gasteiger partial charge in [-0.15, -0.1) is 0 Å². The number of hydrogen-bond donors (Lipinski definition) is 0. The molecule has 2 aliphatic heterocycles. The molecule has 2 unspecified atom stereocenters. The van der Waals surface area contributed by atoms with Crippen molar-refractivity contribution in [2.45, 2.75) is 25.5 Å². The summed E-state index contributed by atoms with van der Waals surface area (Å²) in [7, 11) is 1.91.